The molecule has 28 heavy (non-hydrogen) atoms. The first kappa shape index (κ1) is 22.1. The summed E-state index contributed by atoms with van der Waals surface area (Å²) in [5, 5.41) is 17.4. The number of hydrogen-bond donors (Lipinski definition) is 4. The summed E-state index contributed by atoms with van der Waals surface area (Å²) in [4.78, 5) is 59.1. The van der Waals surface area contributed by atoms with E-state index in [2.05, 4.69) is 23.3 Å². The van der Waals surface area contributed by atoms with E-state index < -0.39 is 28.0 Å². The minimum absolute atomic E-state index is 0.0582. The first-order valence-corrected chi connectivity index (χ1v) is 11.0. The van der Waals surface area contributed by atoms with Crippen molar-refractivity contribution < 1.29 is 34.2 Å². The molecule has 2 rings (SSSR count). The van der Waals surface area contributed by atoms with Crippen LogP contribution in [0.5, 0.6) is 0 Å². The number of hydrogen-bond acceptors (Lipinski definition) is 9. The van der Waals surface area contributed by atoms with Crippen molar-refractivity contribution in [2.45, 2.75) is 0 Å². The normalized spacial score (nSPS) is 10.4. The molecular formula is C17H10O7S4. The summed E-state index contributed by atoms with van der Waals surface area (Å²) in [6, 6.07) is 6.96. The molecule has 0 spiro atoms. The maximum atomic E-state index is 12.7. The number of carbonyl (C=O) groups excluding carboxylic acids is 3. The molecule has 0 saturated carbocycles. The van der Waals surface area contributed by atoms with Gasteiger partial charge in [0.05, 0.1) is 11.1 Å². The molecule has 0 atom stereocenters. The molecule has 0 saturated heterocycles. The van der Waals surface area contributed by atoms with Crippen LogP contribution in [0.15, 0.2) is 36.4 Å². The Morgan fingerprint density at radius 3 is 1.29 bits per heavy atom. The van der Waals surface area contributed by atoms with E-state index in [9.17, 15) is 34.2 Å². The highest BCUT2D eigenvalue weighted by Crippen LogP contribution is 2.24. The van der Waals surface area contributed by atoms with Gasteiger partial charge in [-0.25, -0.2) is 9.59 Å². The average Bonchev–Trinajstić information content (AvgIpc) is 2.70. The zero-order chi connectivity index (χ0) is 21.0. The van der Waals surface area contributed by atoms with Gasteiger partial charge in [0.2, 0.25) is 10.2 Å². The molecule has 0 aliphatic rings. The first-order valence-electron chi connectivity index (χ1n) is 7.22. The Hall–Kier alpha value is -2.21. The molecule has 0 radical (unpaired) electrons. The van der Waals surface area contributed by atoms with Gasteiger partial charge in [-0.3, -0.25) is 14.4 Å². The molecule has 7 nitrogen and oxygen atoms in total. The summed E-state index contributed by atoms with van der Waals surface area (Å²) in [5.41, 5.74) is -1.12. The Balaban J connectivity index is 2.54. The lowest BCUT2D eigenvalue weighted by Crippen LogP contribution is -2.11. The largest absolute Gasteiger partial charge is 0.478 e. The predicted molar refractivity (Wildman–Crippen MR) is 112 cm³/mol. The molecule has 0 bridgehead atoms. The number of ketones is 1. The molecule has 2 N–H and O–H groups in total. The van der Waals surface area contributed by atoms with Gasteiger partial charge < -0.3 is 10.2 Å². The van der Waals surface area contributed by atoms with Crippen LogP contribution in [0.4, 0.5) is 0 Å². The Morgan fingerprint density at radius 1 is 0.643 bits per heavy atom. The van der Waals surface area contributed by atoms with Crippen molar-refractivity contribution in [1.82, 2.24) is 0 Å². The standard InChI is InChI=1S/C17H10O7S4/c18-13(7-1-3-9(16(23)27-25)11(5-7)14(19)20)8-2-4-10(17(24)28-26)12(6-8)15(21)22/h1-6,25-26H,(H,19,20)(H,21,22). The third-order valence-corrected chi connectivity index (χ3v) is 5.40. The van der Waals surface area contributed by atoms with Gasteiger partial charge >= 0.3 is 11.9 Å². The van der Waals surface area contributed by atoms with Crippen LogP contribution in [0.3, 0.4) is 0 Å². The van der Waals surface area contributed by atoms with Crippen LogP contribution in [0.2, 0.25) is 0 Å². The second kappa shape index (κ2) is 9.32. The van der Waals surface area contributed by atoms with Crippen molar-refractivity contribution >= 4 is 72.9 Å². The Labute approximate surface area is 176 Å². The van der Waals surface area contributed by atoms with Crippen LogP contribution < -0.4 is 0 Å². The number of carbonyl (C=O) groups is 5. The number of carboxylic acid groups (broad SMARTS) is 2. The molecule has 0 aromatic heterocycles. The molecule has 0 aliphatic carbocycles. The van der Waals surface area contributed by atoms with E-state index >= 15 is 0 Å². The van der Waals surface area contributed by atoms with Gasteiger partial charge in [-0.2, -0.15) is 0 Å². The van der Waals surface area contributed by atoms with E-state index in [1.807, 2.05) is 0 Å². The van der Waals surface area contributed by atoms with Crippen molar-refractivity contribution in [3.8, 4) is 0 Å². The number of aromatic carboxylic acids is 2. The summed E-state index contributed by atoms with van der Waals surface area (Å²) in [5.74, 6) is -3.48. The highest BCUT2D eigenvalue weighted by atomic mass is 33.1. The maximum absolute atomic E-state index is 12.7. The smallest absolute Gasteiger partial charge is 0.336 e. The lowest BCUT2D eigenvalue weighted by molar-refractivity contribution is 0.0684. The van der Waals surface area contributed by atoms with Crippen molar-refractivity contribution in [2.75, 3.05) is 0 Å². The topological polar surface area (TPSA) is 126 Å². The van der Waals surface area contributed by atoms with E-state index in [-0.39, 0.29) is 33.4 Å². The van der Waals surface area contributed by atoms with Gasteiger partial charge in [-0.05, 0) is 45.9 Å². The zero-order valence-electron chi connectivity index (χ0n) is 13.6. The number of rotatable bonds is 6. The molecule has 11 heteroatoms. The molecule has 0 unspecified atom stereocenters. The summed E-state index contributed by atoms with van der Waals surface area (Å²) >= 11 is 7.50. The fourth-order valence-electron chi connectivity index (χ4n) is 2.35. The molecule has 0 fully saturated rings. The monoisotopic (exact) mass is 454 g/mol. The highest BCUT2D eigenvalue weighted by molar-refractivity contribution is 8.75. The highest BCUT2D eigenvalue weighted by Gasteiger charge is 2.22. The van der Waals surface area contributed by atoms with Gasteiger partial charge in [0.1, 0.15) is 0 Å². The van der Waals surface area contributed by atoms with E-state index in [0.717, 1.165) is 12.1 Å². The van der Waals surface area contributed by atoms with Crippen molar-refractivity contribution in [3.63, 3.8) is 0 Å². The lowest BCUT2D eigenvalue weighted by atomic mass is 9.96. The van der Waals surface area contributed by atoms with Crippen molar-refractivity contribution in [1.29, 1.82) is 0 Å². The Bertz CT molecular complexity index is 937. The second-order valence-electron chi connectivity index (χ2n) is 5.22. The van der Waals surface area contributed by atoms with E-state index in [0.29, 0.717) is 21.6 Å². The predicted octanol–water partition coefficient (Wildman–Crippen LogP) is 3.75. The Kier molecular flexibility index (Phi) is 7.35. The number of thiol groups is 2. The summed E-state index contributed by atoms with van der Waals surface area (Å²) in [6.45, 7) is 0. The first-order chi connectivity index (χ1) is 13.2. The Morgan fingerprint density at radius 2 is 1.00 bits per heavy atom. The quantitative estimate of drug-likeness (QED) is 0.293. The van der Waals surface area contributed by atoms with Crippen LogP contribution >= 0.6 is 44.9 Å². The summed E-state index contributed by atoms with van der Waals surface area (Å²) in [7, 11) is 1.07. The SMILES string of the molecule is O=C(c1ccc(C(=O)SS)c(C(=O)O)c1)c1ccc(C(=O)SS)c(C(=O)O)c1. The van der Waals surface area contributed by atoms with Crippen LogP contribution in [-0.4, -0.2) is 38.2 Å². The van der Waals surface area contributed by atoms with E-state index in [4.69, 9.17) is 0 Å². The zero-order valence-corrected chi connectivity index (χ0v) is 17.0. The molecule has 144 valence electrons. The molecule has 0 aliphatic heterocycles. The van der Waals surface area contributed by atoms with Gasteiger partial charge in [0.25, 0.3) is 0 Å². The van der Waals surface area contributed by atoms with E-state index in [1.54, 1.807) is 0 Å². The van der Waals surface area contributed by atoms with Gasteiger partial charge in [-0.15, -0.1) is 23.3 Å². The van der Waals surface area contributed by atoms with Gasteiger partial charge in [0.15, 0.2) is 5.78 Å². The molecule has 0 heterocycles. The minimum Gasteiger partial charge on any atom is -0.478 e. The van der Waals surface area contributed by atoms with E-state index in [1.165, 1.54) is 24.3 Å². The summed E-state index contributed by atoms with van der Waals surface area (Å²) in [6.07, 6.45) is 0. The molecule has 0 amide bonds. The number of carboxylic acids is 2. The van der Waals surface area contributed by atoms with Gasteiger partial charge in [0, 0.05) is 22.3 Å². The van der Waals surface area contributed by atoms with Crippen molar-refractivity contribution in [3.05, 3.63) is 69.8 Å². The fourth-order valence-corrected chi connectivity index (χ4v) is 3.49. The fraction of sp³-hybridized carbons (Fsp3) is 0. The molecule has 2 aromatic rings. The third-order valence-electron chi connectivity index (χ3n) is 3.63. The molecule has 2 aromatic carbocycles. The summed E-state index contributed by atoms with van der Waals surface area (Å²) < 4.78 is 0. The van der Waals surface area contributed by atoms with Crippen LogP contribution in [0.25, 0.3) is 0 Å². The average molecular weight is 455 g/mol. The van der Waals surface area contributed by atoms with Crippen LogP contribution in [0.1, 0.15) is 57.4 Å². The third kappa shape index (κ3) is 4.61. The number of benzene rings is 2. The van der Waals surface area contributed by atoms with Crippen LogP contribution in [0, 0.1) is 0 Å². The van der Waals surface area contributed by atoms with Crippen molar-refractivity contribution in [2.24, 2.45) is 0 Å². The van der Waals surface area contributed by atoms with Gasteiger partial charge in [-0.1, -0.05) is 12.1 Å². The lowest BCUT2D eigenvalue weighted by Gasteiger charge is -2.09. The second-order valence-corrected chi connectivity index (χ2v) is 7.42. The van der Waals surface area contributed by atoms with Crippen LogP contribution in [-0.2, 0) is 0 Å². The maximum Gasteiger partial charge on any atom is 0.336 e. The molecular weight excluding hydrogens is 444 g/mol. The minimum atomic E-state index is -1.40.